The van der Waals surface area contributed by atoms with Gasteiger partial charge in [0.25, 0.3) is 5.91 Å². The van der Waals surface area contributed by atoms with Gasteiger partial charge in [0.2, 0.25) is 11.8 Å². The van der Waals surface area contributed by atoms with Crippen molar-refractivity contribution in [1.29, 1.82) is 0 Å². The third kappa shape index (κ3) is 28.0. The minimum Gasteiger partial charge on any atom is -0.444 e. The number of amides is 6. The molecule has 6 aromatic rings. The molecule has 11 aliphatic heterocycles. The van der Waals surface area contributed by atoms with Crippen LogP contribution in [-0.4, -0.2) is 323 Å². The van der Waals surface area contributed by atoms with Crippen LogP contribution in [0.4, 0.5) is 14.4 Å². The molecule has 16 heterocycles. The van der Waals surface area contributed by atoms with Crippen molar-refractivity contribution in [2.24, 2.45) is 0 Å². The Morgan fingerprint density at radius 3 is 0.925 bits per heavy atom. The lowest BCUT2D eigenvalue weighted by Crippen LogP contribution is -2.52. The van der Waals surface area contributed by atoms with E-state index in [4.69, 9.17) is 70.1 Å². The first kappa shape index (κ1) is 116. The standard InChI is InChI=1S/2C19H32BN3O4.C19H31BN2O3.C17H28BN3O4.2C14H22BN3O3/c1-17(2,3)25-16(24)22-10-8-15(9-11-22)23-13-14(12-21-23)20-26-18(4,5)19(6,7)27-20;1-17(2,3)25-16(24)22-10-8-9-15(13-22)23-12-14(11-21-23)20-26-18(4,5)19(6,7)27-20;1-14-13-15(20-24-18(2,3)19(4,5)25-20)9-10-16(14)17(23)22(8)12-11-21(6)7;1-15(2,3)23-14(22)20-10-13(11-20)21-9-12(8-19-21)18-24-16(4,5)17(6,7)25-18;2*1-13(2)14(3,4)21-15(20-13)10-8-17-18(9-10)11-5-6-16-12(19)7-11/h12-13,15H,8-11H2,1-7H3;11-12,15H,8-10,13H2,1-7H3;9-10,13H,11-12H2,1-8H3;8-9,13H,10-11H2,1-7H3;2*8-9,11H,5-7H2,1-4H3,(H,16,19)/t;;;;2*11-/m....10/s1. The highest BCUT2D eigenvalue weighted by atomic mass is 16.7. The molecule has 17 rings (SSSR count). The number of aromatic nitrogens is 10. The van der Waals surface area contributed by atoms with Gasteiger partial charge >= 0.3 is 61.0 Å². The van der Waals surface area contributed by atoms with E-state index in [0.29, 0.717) is 65.2 Å². The molecule has 0 saturated carbocycles. The number of nitrogens with zero attached hydrogens (tertiary/aromatic N) is 15. The number of nitrogens with one attached hydrogen (secondary N) is 2. The summed E-state index contributed by atoms with van der Waals surface area (Å²) in [4.78, 5) is 81.3. The Bertz CT molecular complexity index is 5300. The average molecular weight is 2030 g/mol. The van der Waals surface area contributed by atoms with E-state index < -0.39 is 59.5 Å². The van der Waals surface area contributed by atoms with Gasteiger partial charge in [-0.2, -0.15) is 25.5 Å². The largest absolute Gasteiger partial charge is 0.498 e. The van der Waals surface area contributed by atoms with Gasteiger partial charge < -0.3 is 105 Å². The summed E-state index contributed by atoms with van der Waals surface area (Å²) in [5.41, 5.74) is 1.34. The highest BCUT2D eigenvalue weighted by Crippen LogP contribution is 2.44. The number of carbonyl (C=O) groups excluding carboxylic acids is 6. The number of aryl methyl sites for hydroxylation is 1. The molecule has 0 radical (unpaired) electrons. The number of likely N-dealkylation sites (tertiary alicyclic amines) is 3. The first-order valence-corrected chi connectivity index (χ1v) is 52.0. The maximum atomic E-state index is 12.7. The molecule has 2 N–H and O–H groups in total. The quantitative estimate of drug-likeness (QED) is 0.0712. The summed E-state index contributed by atoms with van der Waals surface area (Å²) >= 11 is 0. The van der Waals surface area contributed by atoms with Gasteiger partial charge in [-0.3, -0.25) is 37.8 Å². The second-order valence-electron chi connectivity index (χ2n) is 49.9. The van der Waals surface area contributed by atoms with Crippen molar-refractivity contribution in [2.45, 2.75) is 401 Å². The highest BCUT2D eigenvalue weighted by Gasteiger charge is 2.59. The van der Waals surface area contributed by atoms with Gasteiger partial charge in [0.15, 0.2) is 0 Å². The topological polar surface area (TPSA) is 370 Å². The van der Waals surface area contributed by atoms with Crippen LogP contribution in [0.15, 0.2) is 80.2 Å². The first-order valence-electron chi connectivity index (χ1n) is 52.0. The molecule has 0 bridgehead atoms. The van der Waals surface area contributed by atoms with Gasteiger partial charge in [0, 0.05) is 180 Å². The lowest BCUT2D eigenvalue weighted by atomic mass is 9.78. The average Bonchev–Trinajstić information content (AvgIpc) is 1.60. The third-order valence-electron chi connectivity index (χ3n) is 31.0. The molecule has 3 atom stereocenters. The van der Waals surface area contributed by atoms with E-state index in [2.05, 4.69) is 41.0 Å². The van der Waals surface area contributed by atoms with Crippen molar-refractivity contribution in [3.8, 4) is 0 Å². The van der Waals surface area contributed by atoms with E-state index in [1.807, 2.05) is 335 Å². The van der Waals surface area contributed by atoms with Gasteiger partial charge in [-0.1, -0.05) is 12.1 Å². The molecule has 1 aromatic carbocycles. The van der Waals surface area contributed by atoms with E-state index in [1.165, 1.54) is 0 Å². The molecule has 11 saturated heterocycles. The fraction of sp³-hybridized carbons (Fsp3) is 0.735. The molecule has 0 aliphatic carbocycles. The van der Waals surface area contributed by atoms with Crippen LogP contribution in [0.1, 0.15) is 326 Å². The number of ether oxygens (including phenoxy) is 3. The predicted octanol–water partition coefficient (Wildman–Crippen LogP) is 10.7. The Morgan fingerprint density at radius 2 is 0.630 bits per heavy atom. The molecule has 11 fully saturated rings. The Labute approximate surface area is 868 Å². The van der Waals surface area contributed by atoms with Gasteiger partial charge in [-0.25, -0.2) is 14.4 Å². The SMILES string of the molecule is CC(C)(C)OC(=O)N1CC(n2cc(B3OC(C)(C)C(C)(C)O3)cn2)C1.CC(C)(C)OC(=O)N1CCC(n2cc(B3OC(C)(C)C(C)(C)O3)cn2)CC1.CC(C)(C)OC(=O)N1CCCC(n2cc(B3OC(C)(C)C(C)(C)O3)cn2)C1.CC1(C)OB(c2cnn([C@@H]3CCNC(=O)C3)c2)OC1(C)C.CC1(C)OB(c2cnn([C@H]3CCNC(=O)C3)c2)OC1(C)C.Cc1cc(B2OC(C)(C)C(C)(C)O2)ccc1C(=O)N(C)CCN(C)C. The van der Waals surface area contributed by atoms with E-state index >= 15 is 0 Å². The lowest BCUT2D eigenvalue weighted by Gasteiger charge is -2.39. The number of hydrogen-bond acceptors (Lipinski definition) is 27. The monoisotopic (exact) mass is 2030 g/mol. The number of benzene rings is 1. The Kier molecular flexibility index (Phi) is 34.7. The number of piperidine rings is 4. The van der Waals surface area contributed by atoms with E-state index in [9.17, 15) is 28.8 Å². The van der Waals surface area contributed by atoms with Gasteiger partial charge in [-0.05, 0) is 305 Å². The van der Waals surface area contributed by atoms with Crippen molar-refractivity contribution < 1.29 is 98.8 Å². The zero-order valence-corrected chi connectivity index (χ0v) is 94.4. The zero-order valence-electron chi connectivity index (χ0n) is 94.4. The van der Waals surface area contributed by atoms with Crippen LogP contribution in [0.5, 0.6) is 0 Å². The number of rotatable bonds is 15. The smallest absolute Gasteiger partial charge is 0.444 e. The van der Waals surface area contributed by atoms with Crippen molar-refractivity contribution in [1.82, 2.24) is 84.0 Å². The molecule has 11 aliphatic rings. The zero-order chi connectivity index (χ0) is 108. The van der Waals surface area contributed by atoms with Crippen molar-refractivity contribution in [2.75, 3.05) is 86.6 Å². The molecule has 38 nitrogen and oxygen atoms in total. The molecule has 5 aromatic heterocycles. The minimum atomic E-state index is -0.486. The maximum absolute atomic E-state index is 12.7. The molecule has 1 unspecified atom stereocenters. The molecule has 0 spiro atoms. The molecular weight excluding hydrogens is 1860 g/mol. The highest BCUT2D eigenvalue weighted by molar-refractivity contribution is 6.64. The van der Waals surface area contributed by atoms with Crippen LogP contribution in [0.2, 0.25) is 0 Å². The van der Waals surface area contributed by atoms with Gasteiger partial charge in [-0.15, -0.1) is 0 Å². The summed E-state index contributed by atoms with van der Waals surface area (Å²) in [7, 11) is 3.40. The van der Waals surface area contributed by atoms with Crippen molar-refractivity contribution in [3.05, 3.63) is 91.3 Å². The summed E-state index contributed by atoms with van der Waals surface area (Å²) < 4.78 is 98.6. The second-order valence-corrected chi connectivity index (χ2v) is 49.9. The number of likely N-dealkylation sites (N-methyl/N-ethyl adjacent to an activating group) is 2. The lowest BCUT2D eigenvalue weighted by molar-refractivity contribution is -0.124. The number of hydrogen-bond donors (Lipinski definition) is 2. The predicted molar refractivity (Wildman–Crippen MR) is 564 cm³/mol. The molecule has 146 heavy (non-hydrogen) atoms. The first-order chi connectivity index (χ1) is 67.1. The summed E-state index contributed by atoms with van der Waals surface area (Å²) in [6.45, 7) is 74.5. The molecule has 6 amide bonds. The van der Waals surface area contributed by atoms with Crippen LogP contribution in [0.25, 0.3) is 0 Å². The minimum absolute atomic E-state index is 0.0415. The van der Waals surface area contributed by atoms with Crippen LogP contribution in [0.3, 0.4) is 0 Å². The fourth-order valence-electron chi connectivity index (χ4n) is 17.4. The molecule has 44 heteroatoms. The summed E-state index contributed by atoms with van der Waals surface area (Å²) in [6, 6.07) is 6.59. The van der Waals surface area contributed by atoms with Gasteiger partial charge in [0.1, 0.15) is 16.8 Å². The summed E-state index contributed by atoms with van der Waals surface area (Å²) in [6.07, 6.45) is 24.3. The van der Waals surface area contributed by atoms with Crippen LogP contribution in [0, 0.1) is 6.92 Å². The second kappa shape index (κ2) is 43.6. The number of carbonyl (C=O) groups is 6. The van der Waals surface area contributed by atoms with Crippen LogP contribution >= 0.6 is 0 Å². The third-order valence-corrected chi connectivity index (χ3v) is 31.0. The Morgan fingerprint density at radius 1 is 0.356 bits per heavy atom. The Balaban J connectivity index is 0.000000156. The van der Waals surface area contributed by atoms with E-state index in [1.54, 1.807) is 44.4 Å². The Hall–Kier alpha value is -8.64. The van der Waals surface area contributed by atoms with Crippen LogP contribution in [-0.2, 0) is 79.7 Å². The van der Waals surface area contributed by atoms with E-state index in [-0.39, 0.29) is 133 Å². The maximum Gasteiger partial charge on any atom is 0.498 e. The summed E-state index contributed by atoms with van der Waals surface area (Å²) in [5.74, 6) is 0.206. The fourth-order valence-corrected chi connectivity index (χ4v) is 17.4. The van der Waals surface area contributed by atoms with Gasteiger partial charge in [0.05, 0.1) is 97.4 Å². The van der Waals surface area contributed by atoms with Crippen molar-refractivity contribution >= 4 is 111 Å². The molecule has 804 valence electrons. The van der Waals surface area contributed by atoms with E-state index in [0.717, 1.165) is 95.5 Å². The molecular formula is C102H167B6N17O21. The normalized spacial score (nSPS) is 23.9. The van der Waals surface area contributed by atoms with Crippen LogP contribution < -0.4 is 43.4 Å². The van der Waals surface area contributed by atoms with Crippen molar-refractivity contribution in [3.63, 3.8) is 0 Å². The summed E-state index contributed by atoms with van der Waals surface area (Å²) in [5, 5.41) is 27.9.